The Morgan fingerprint density at radius 3 is 0.929 bits per heavy atom. The minimum atomic E-state index is 1.40. The Labute approximate surface area is 85.2 Å². The summed E-state index contributed by atoms with van der Waals surface area (Å²) >= 11 is 0. The lowest BCUT2D eigenvalue weighted by atomic mass is 9.81. The van der Waals surface area contributed by atoms with Crippen LogP contribution in [0.1, 0.15) is 13.8 Å². The lowest BCUT2D eigenvalue weighted by Crippen LogP contribution is -1.96. The maximum atomic E-state index is 2.18. The van der Waals surface area contributed by atoms with Gasteiger partial charge in [-0.2, -0.15) is 0 Å². The standard InChI is InChI=1S/C12H8.C2H6/c1-2-6-10-9(5-1)11-7-3-4-8-12(10)11;1-2/h1-8H;1-2H3. The van der Waals surface area contributed by atoms with Crippen molar-refractivity contribution in [1.82, 2.24) is 0 Å². The van der Waals surface area contributed by atoms with E-state index in [-0.39, 0.29) is 0 Å². The summed E-state index contributed by atoms with van der Waals surface area (Å²) in [5, 5.41) is 0. The Balaban J connectivity index is 0.000000354. The second kappa shape index (κ2) is 3.67. The fourth-order valence-electron chi connectivity index (χ4n) is 1.84. The molecule has 0 radical (unpaired) electrons. The van der Waals surface area contributed by atoms with Gasteiger partial charge in [0.05, 0.1) is 0 Å². The Bertz CT molecular complexity index is 341. The zero-order valence-electron chi connectivity index (χ0n) is 8.62. The topological polar surface area (TPSA) is 0 Å². The van der Waals surface area contributed by atoms with E-state index in [2.05, 4.69) is 48.5 Å². The first-order valence-electron chi connectivity index (χ1n) is 5.15. The molecule has 0 nitrogen and oxygen atoms in total. The zero-order chi connectivity index (χ0) is 9.97. The van der Waals surface area contributed by atoms with Crippen molar-refractivity contribution in [2.75, 3.05) is 0 Å². The second-order valence-corrected chi connectivity index (χ2v) is 3.09. The van der Waals surface area contributed by atoms with E-state index >= 15 is 0 Å². The van der Waals surface area contributed by atoms with Crippen LogP contribution in [-0.4, -0.2) is 0 Å². The summed E-state index contributed by atoms with van der Waals surface area (Å²) in [6, 6.07) is 17.1. The highest BCUT2D eigenvalue weighted by Crippen LogP contribution is 2.46. The first kappa shape index (κ1) is 9.01. The van der Waals surface area contributed by atoms with Gasteiger partial charge in [0, 0.05) is 0 Å². The third kappa shape index (κ3) is 1.15. The molecule has 0 bridgehead atoms. The van der Waals surface area contributed by atoms with Crippen LogP contribution >= 0.6 is 0 Å². The van der Waals surface area contributed by atoms with E-state index < -0.39 is 0 Å². The summed E-state index contributed by atoms with van der Waals surface area (Å²) in [6.07, 6.45) is 0. The summed E-state index contributed by atoms with van der Waals surface area (Å²) in [5.41, 5.74) is 5.59. The lowest BCUT2D eigenvalue weighted by molar-refractivity contribution is 1.50. The summed E-state index contributed by atoms with van der Waals surface area (Å²) in [4.78, 5) is 0. The molecule has 0 atom stereocenters. The summed E-state index contributed by atoms with van der Waals surface area (Å²) in [5.74, 6) is 0. The van der Waals surface area contributed by atoms with Crippen LogP contribution in [0.3, 0.4) is 0 Å². The minimum Gasteiger partial charge on any atom is -0.0683 e. The third-order valence-corrected chi connectivity index (χ3v) is 2.43. The van der Waals surface area contributed by atoms with Crippen molar-refractivity contribution >= 4 is 0 Å². The van der Waals surface area contributed by atoms with Crippen LogP contribution < -0.4 is 0 Å². The molecule has 0 fully saturated rings. The molecular weight excluding hydrogens is 168 g/mol. The molecular formula is C14H14. The Kier molecular flexibility index (Phi) is 2.36. The second-order valence-electron chi connectivity index (χ2n) is 3.09. The summed E-state index contributed by atoms with van der Waals surface area (Å²) < 4.78 is 0. The van der Waals surface area contributed by atoms with Gasteiger partial charge in [0.2, 0.25) is 0 Å². The first-order valence-corrected chi connectivity index (χ1v) is 5.15. The summed E-state index contributed by atoms with van der Waals surface area (Å²) in [7, 11) is 0. The van der Waals surface area contributed by atoms with Crippen LogP contribution in [-0.2, 0) is 0 Å². The van der Waals surface area contributed by atoms with Crippen LogP contribution in [0.4, 0.5) is 0 Å². The van der Waals surface area contributed by atoms with Crippen molar-refractivity contribution in [2.24, 2.45) is 0 Å². The molecule has 2 aromatic carbocycles. The number of hydrogen-bond acceptors (Lipinski definition) is 0. The van der Waals surface area contributed by atoms with E-state index in [9.17, 15) is 0 Å². The van der Waals surface area contributed by atoms with E-state index in [1.165, 1.54) is 22.3 Å². The molecule has 1 aliphatic carbocycles. The van der Waals surface area contributed by atoms with Crippen molar-refractivity contribution in [3.05, 3.63) is 48.5 Å². The van der Waals surface area contributed by atoms with Gasteiger partial charge in [0.25, 0.3) is 0 Å². The quantitative estimate of drug-likeness (QED) is 0.484. The van der Waals surface area contributed by atoms with Crippen molar-refractivity contribution < 1.29 is 0 Å². The largest absolute Gasteiger partial charge is 0.0683 e. The van der Waals surface area contributed by atoms with E-state index in [1.54, 1.807) is 0 Å². The van der Waals surface area contributed by atoms with Crippen molar-refractivity contribution in [2.45, 2.75) is 13.8 Å². The van der Waals surface area contributed by atoms with Gasteiger partial charge < -0.3 is 0 Å². The molecule has 0 heterocycles. The van der Waals surface area contributed by atoms with Crippen LogP contribution in [0.15, 0.2) is 48.5 Å². The van der Waals surface area contributed by atoms with Gasteiger partial charge in [-0.1, -0.05) is 62.4 Å². The molecule has 0 aliphatic heterocycles. The van der Waals surface area contributed by atoms with Gasteiger partial charge in [0.1, 0.15) is 0 Å². The molecule has 0 N–H and O–H groups in total. The molecule has 14 heavy (non-hydrogen) atoms. The van der Waals surface area contributed by atoms with E-state index in [4.69, 9.17) is 0 Å². The maximum absolute atomic E-state index is 2.18. The molecule has 3 rings (SSSR count). The Hall–Kier alpha value is -1.56. The molecule has 0 saturated heterocycles. The molecule has 2 aromatic rings. The number of rotatable bonds is 0. The molecule has 0 spiro atoms. The van der Waals surface area contributed by atoms with Crippen molar-refractivity contribution in [3.8, 4) is 22.3 Å². The molecule has 0 heteroatoms. The normalized spacial score (nSPS) is 10.1. The first-order chi connectivity index (χ1) is 6.97. The lowest BCUT2D eigenvalue weighted by Gasteiger charge is -2.22. The van der Waals surface area contributed by atoms with E-state index in [1.807, 2.05) is 13.8 Å². The smallest absolute Gasteiger partial charge is 0.00990 e. The van der Waals surface area contributed by atoms with Crippen molar-refractivity contribution in [1.29, 1.82) is 0 Å². The third-order valence-electron chi connectivity index (χ3n) is 2.43. The average Bonchev–Trinajstić information content (AvgIpc) is 2.29. The highest BCUT2D eigenvalue weighted by Gasteiger charge is 2.19. The van der Waals surface area contributed by atoms with Crippen LogP contribution in [0.5, 0.6) is 0 Å². The fourth-order valence-corrected chi connectivity index (χ4v) is 1.84. The highest BCUT2D eigenvalue weighted by atomic mass is 14.2. The Morgan fingerprint density at radius 2 is 0.714 bits per heavy atom. The monoisotopic (exact) mass is 182 g/mol. The Morgan fingerprint density at radius 1 is 0.500 bits per heavy atom. The van der Waals surface area contributed by atoms with E-state index in [0.29, 0.717) is 0 Å². The highest BCUT2D eigenvalue weighted by molar-refractivity contribution is 6.01. The number of fused-ring (bicyclic) bond motifs is 4. The molecule has 0 saturated carbocycles. The minimum absolute atomic E-state index is 1.40. The van der Waals surface area contributed by atoms with Gasteiger partial charge in [-0.15, -0.1) is 0 Å². The molecule has 1 aliphatic rings. The fraction of sp³-hybridized carbons (Fsp3) is 0.143. The van der Waals surface area contributed by atoms with Crippen LogP contribution in [0.2, 0.25) is 0 Å². The van der Waals surface area contributed by atoms with Crippen molar-refractivity contribution in [3.63, 3.8) is 0 Å². The van der Waals surface area contributed by atoms with Gasteiger partial charge in [-0.3, -0.25) is 0 Å². The van der Waals surface area contributed by atoms with Crippen LogP contribution in [0.25, 0.3) is 22.3 Å². The predicted molar refractivity (Wildman–Crippen MR) is 62.2 cm³/mol. The molecule has 0 aromatic heterocycles. The number of hydrogen-bond donors (Lipinski definition) is 0. The SMILES string of the molecule is CC.c1ccc2c(c1)-c1ccccc1-2. The average molecular weight is 182 g/mol. The van der Waals surface area contributed by atoms with Gasteiger partial charge in [-0.25, -0.2) is 0 Å². The summed E-state index contributed by atoms with van der Waals surface area (Å²) in [6.45, 7) is 4.00. The van der Waals surface area contributed by atoms with E-state index in [0.717, 1.165) is 0 Å². The maximum Gasteiger partial charge on any atom is -0.00990 e. The van der Waals surface area contributed by atoms with Gasteiger partial charge >= 0.3 is 0 Å². The molecule has 0 amide bonds. The molecule has 70 valence electrons. The number of benzene rings is 2. The molecule has 0 unspecified atom stereocenters. The predicted octanol–water partition coefficient (Wildman–Crippen LogP) is 4.36. The van der Waals surface area contributed by atoms with Crippen LogP contribution in [0, 0.1) is 0 Å². The zero-order valence-corrected chi connectivity index (χ0v) is 8.62. The van der Waals surface area contributed by atoms with Gasteiger partial charge in [0.15, 0.2) is 0 Å². The van der Waals surface area contributed by atoms with Gasteiger partial charge in [-0.05, 0) is 22.3 Å².